The molecule has 3 aromatic rings. The summed E-state index contributed by atoms with van der Waals surface area (Å²) in [5.74, 6) is 0. The van der Waals surface area contributed by atoms with Crippen molar-refractivity contribution in [2.24, 2.45) is 0 Å². The Balaban J connectivity index is 2.55. The number of hydrogen-bond acceptors (Lipinski definition) is 1. The van der Waals surface area contributed by atoms with Gasteiger partial charge in [-0.2, -0.15) is 0 Å². The van der Waals surface area contributed by atoms with Crippen molar-refractivity contribution in [3.8, 4) is 0 Å². The first-order valence-corrected chi connectivity index (χ1v) is 5.22. The maximum absolute atomic E-state index is 5.95. The van der Waals surface area contributed by atoms with Gasteiger partial charge in [-0.15, -0.1) is 0 Å². The van der Waals surface area contributed by atoms with E-state index in [9.17, 15) is 0 Å². The zero-order valence-corrected chi connectivity index (χ0v) is 9.10. The van der Waals surface area contributed by atoms with Gasteiger partial charge in [-0.05, 0) is 24.3 Å². The molecular weight excluding hydrogens is 231 g/mol. The lowest BCUT2D eigenvalue weighted by atomic mass is 10.2. The van der Waals surface area contributed by atoms with Crippen molar-refractivity contribution in [2.45, 2.75) is 0 Å². The highest BCUT2D eigenvalue weighted by atomic mass is 35.5. The predicted octanol–water partition coefficient (Wildman–Crippen LogP) is 4.02. The van der Waals surface area contributed by atoms with E-state index < -0.39 is 0 Å². The Morgan fingerprint density at radius 1 is 1.00 bits per heavy atom. The molecule has 0 amide bonds. The number of pyridine rings is 1. The average Bonchev–Trinajstić information content (AvgIpc) is 2.56. The normalized spacial score (nSPS) is 11.3. The summed E-state index contributed by atoms with van der Waals surface area (Å²) in [5.41, 5.74) is 1.85. The zero-order chi connectivity index (χ0) is 10.4. The van der Waals surface area contributed by atoms with Gasteiger partial charge in [0.05, 0.1) is 5.02 Å². The van der Waals surface area contributed by atoms with E-state index in [0.717, 1.165) is 21.9 Å². The molecule has 0 saturated carbocycles. The minimum atomic E-state index is 0.628. The Morgan fingerprint density at radius 3 is 2.67 bits per heavy atom. The number of rotatable bonds is 0. The van der Waals surface area contributed by atoms with E-state index in [2.05, 4.69) is 9.97 Å². The number of aromatic amines is 1. The van der Waals surface area contributed by atoms with E-state index in [0.29, 0.717) is 10.0 Å². The van der Waals surface area contributed by atoms with Gasteiger partial charge in [0.15, 0.2) is 0 Å². The van der Waals surface area contributed by atoms with Gasteiger partial charge in [-0.25, -0.2) is 4.98 Å². The van der Waals surface area contributed by atoms with Gasteiger partial charge < -0.3 is 4.98 Å². The van der Waals surface area contributed by atoms with Crippen LogP contribution < -0.4 is 0 Å². The molecule has 74 valence electrons. The Labute approximate surface area is 95.8 Å². The zero-order valence-electron chi connectivity index (χ0n) is 7.59. The molecule has 2 aromatic heterocycles. The molecule has 1 N–H and O–H groups in total. The second-order valence-corrected chi connectivity index (χ2v) is 4.24. The molecule has 0 atom stereocenters. The monoisotopic (exact) mass is 236 g/mol. The number of nitrogens with zero attached hydrogens (tertiary/aromatic N) is 1. The highest BCUT2D eigenvalue weighted by Gasteiger charge is 2.05. The molecule has 0 aliphatic carbocycles. The van der Waals surface area contributed by atoms with Crippen molar-refractivity contribution < 1.29 is 0 Å². The maximum atomic E-state index is 5.95. The summed E-state index contributed by atoms with van der Waals surface area (Å²) in [6.45, 7) is 0. The van der Waals surface area contributed by atoms with Crippen molar-refractivity contribution >= 4 is 45.1 Å². The molecule has 2 heterocycles. The molecule has 2 nitrogen and oxygen atoms in total. The van der Waals surface area contributed by atoms with E-state index in [1.54, 1.807) is 6.20 Å². The topological polar surface area (TPSA) is 28.7 Å². The summed E-state index contributed by atoms with van der Waals surface area (Å²) >= 11 is 11.9. The molecule has 0 radical (unpaired) electrons. The highest BCUT2D eigenvalue weighted by Crippen LogP contribution is 2.28. The lowest BCUT2D eigenvalue weighted by molar-refractivity contribution is 1.35. The summed E-state index contributed by atoms with van der Waals surface area (Å²) in [6, 6.07) is 7.58. The fraction of sp³-hybridized carbons (Fsp3) is 0. The molecule has 0 unspecified atom stereocenters. The van der Waals surface area contributed by atoms with E-state index in [1.807, 2.05) is 24.3 Å². The predicted molar refractivity (Wildman–Crippen MR) is 63.6 cm³/mol. The van der Waals surface area contributed by atoms with Crippen LogP contribution in [0.5, 0.6) is 0 Å². The third-order valence-corrected chi connectivity index (χ3v) is 2.82. The van der Waals surface area contributed by atoms with Gasteiger partial charge in [0.1, 0.15) is 5.65 Å². The number of nitrogens with one attached hydrogen (secondary N) is 1. The average molecular weight is 237 g/mol. The summed E-state index contributed by atoms with van der Waals surface area (Å²) < 4.78 is 0. The number of benzene rings is 1. The van der Waals surface area contributed by atoms with Crippen LogP contribution in [0.3, 0.4) is 0 Å². The Hall–Kier alpha value is -1.25. The number of hydrogen-bond donors (Lipinski definition) is 1. The van der Waals surface area contributed by atoms with E-state index in [4.69, 9.17) is 23.2 Å². The summed E-state index contributed by atoms with van der Waals surface area (Å²) in [4.78, 5) is 7.42. The van der Waals surface area contributed by atoms with Crippen LogP contribution in [0.1, 0.15) is 0 Å². The lowest BCUT2D eigenvalue weighted by Gasteiger charge is -1.92. The first kappa shape index (κ1) is 9.01. The van der Waals surface area contributed by atoms with Crippen LogP contribution in [-0.4, -0.2) is 9.97 Å². The lowest BCUT2D eigenvalue weighted by Crippen LogP contribution is -1.74. The van der Waals surface area contributed by atoms with Gasteiger partial charge in [0.25, 0.3) is 0 Å². The molecule has 0 bridgehead atoms. The molecular formula is C11H6Cl2N2. The van der Waals surface area contributed by atoms with Crippen LogP contribution in [0.15, 0.2) is 30.5 Å². The minimum absolute atomic E-state index is 0.628. The van der Waals surface area contributed by atoms with Gasteiger partial charge in [0.2, 0.25) is 0 Å². The van der Waals surface area contributed by atoms with E-state index >= 15 is 0 Å². The van der Waals surface area contributed by atoms with Gasteiger partial charge >= 0.3 is 0 Å². The molecule has 0 aliphatic rings. The third-order valence-electron chi connectivity index (χ3n) is 2.38. The number of H-pyrrole nitrogens is 1. The second-order valence-electron chi connectivity index (χ2n) is 3.36. The Morgan fingerprint density at radius 2 is 1.80 bits per heavy atom. The maximum Gasteiger partial charge on any atom is 0.138 e. The van der Waals surface area contributed by atoms with Crippen LogP contribution in [-0.2, 0) is 0 Å². The first-order valence-electron chi connectivity index (χ1n) is 4.46. The summed E-state index contributed by atoms with van der Waals surface area (Å²) in [7, 11) is 0. The molecule has 4 heteroatoms. The molecule has 0 aliphatic heterocycles. The highest BCUT2D eigenvalue weighted by molar-refractivity contribution is 6.32. The van der Waals surface area contributed by atoms with Crippen molar-refractivity contribution in [1.29, 1.82) is 0 Å². The van der Waals surface area contributed by atoms with E-state index in [-0.39, 0.29) is 0 Å². The molecule has 3 rings (SSSR count). The minimum Gasteiger partial charge on any atom is -0.339 e. The molecule has 0 fully saturated rings. The largest absolute Gasteiger partial charge is 0.339 e. The standard InChI is InChI=1S/C11H6Cl2N2/c12-6-1-2-10-8(3-6)9-4-7(13)5-14-11(9)15-10/h1-5H,(H,14,15). The number of fused-ring (bicyclic) bond motifs is 3. The van der Waals surface area contributed by atoms with Crippen molar-refractivity contribution in [1.82, 2.24) is 9.97 Å². The van der Waals surface area contributed by atoms with Crippen LogP contribution in [0.25, 0.3) is 21.9 Å². The fourth-order valence-corrected chi connectivity index (χ4v) is 2.05. The quantitative estimate of drug-likeness (QED) is 0.628. The van der Waals surface area contributed by atoms with Gasteiger partial charge in [-0.3, -0.25) is 0 Å². The van der Waals surface area contributed by atoms with Gasteiger partial charge in [-0.1, -0.05) is 23.2 Å². The Kier molecular flexibility index (Phi) is 1.87. The SMILES string of the molecule is Clc1ccc2[nH]c3ncc(Cl)cc3c2c1. The summed E-state index contributed by atoms with van der Waals surface area (Å²) in [6.07, 6.45) is 1.63. The first-order chi connectivity index (χ1) is 7.24. The summed E-state index contributed by atoms with van der Waals surface area (Å²) in [5, 5.41) is 3.39. The molecule has 1 aromatic carbocycles. The second kappa shape index (κ2) is 3.12. The number of halogens is 2. The van der Waals surface area contributed by atoms with Crippen molar-refractivity contribution in [3.05, 3.63) is 40.5 Å². The van der Waals surface area contributed by atoms with Crippen LogP contribution in [0, 0.1) is 0 Å². The van der Waals surface area contributed by atoms with Gasteiger partial charge in [0, 0.05) is 27.5 Å². The molecule has 0 spiro atoms. The fourth-order valence-electron chi connectivity index (χ4n) is 1.72. The van der Waals surface area contributed by atoms with Crippen LogP contribution in [0.2, 0.25) is 10.0 Å². The molecule has 0 saturated heterocycles. The van der Waals surface area contributed by atoms with Crippen molar-refractivity contribution in [3.63, 3.8) is 0 Å². The Bertz CT molecular complexity index is 602. The smallest absolute Gasteiger partial charge is 0.138 e. The van der Waals surface area contributed by atoms with Crippen molar-refractivity contribution in [2.75, 3.05) is 0 Å². The third kappa shape index (κ3) is 1.37. The molecule has 15 heavy (non-hydrogen) atoms. The number of aromatic nitrogens is 2. The van der Waals surface area contributed by atoms with Crippen LogP contribution >= 0.6 is 23.2 Å². The van der Waals surface area contributed by atoms with Crippen LogP contribution in [0.4, 0.5) is 0 Å². The van der Waals surface area contributed by atoms with E-state index in [1.165, 1.54) is 0 Å².